The molecular formula is C9H8N3O. The van der Waals surface area contributed by atoms with Gasteiger partial charge in [0.1, 0.15) is 6.61 Å². The number of H-pyrrole nitrogens is 1. The molecule has 2 rings (SSSR count). The molecule has 2 aromatic rings. The first kappa shape index (κ1) is 7.79. The predicted molar refractivity (Wildman–Crippen MR) is 46.0 cm³/mol. The van der Waals surface area contributed by atoms with Gasteiger partial charge in [-0.15, -0.1) is 0 Å². The predicted octanol–water partition coefficient (Wildman–Crippen LogP) is 1.18. The zero-order chi connectivity index (χ0) is 8.93. The van der Waals surface area contributed by atoms with Crippen molar-refractivity contribution in [2.45, 2.75) is 6.61 Å². The zero-order valence-corrected chi connectivity index (χ0v) is 6.90. The zero-order valence-electron chi connectivity index (χ0n) is 6.90. The van der Waals surface area contributed by atoms with Crippen molar-refractivity contribution in [2.75, 3.05) is 0 Å². The Hall–Kier alpha value is -1.84. The second-order valence-electron chi connectivity index (χ2n) is 2.47. The van der Waals surface area contributed by atoms with Crippen molar-refractivity contribution in [1.29, 1.82) is 0 Å². The fourth-order valence-corrected chi connectivity index (χ4v) is 0.920. The molecule has 0 aliphatic carbocycles. The van der Waals surface area contributed by atoms with Crippen molar-refractivity contribution in [3.63, 3.8) is 0 Å². The molecule has 0 fully saturated rings. The highest BCUT2D eigenvalue weighted by molar-refractivity contribution is 5.10. The summed E-state index contributed by atoms with van der Waals surface area (Å²) in [4.78, 5) is 4.11. The van der Waals surface area contributed by atoms with Gasteiger partial charge in [0.05, 0.1) is 11.9 Å². The van der Waals surface area contributed by atoms with Crippen LogP contribution in [0.15, 0.2) is 30.6 Å². The van der Waals surface area contributed by atoms with Crippen LogP contribution in [0.1, 0.15) is 5.69 Å². The van der Waals surface area contributed by atoms with E-state index in [-0.39, 0.29) is 0 Å². The van der Waals surface area contributed by atoms with E-state index in [1.807, 2.05) is 18.2 Å². The first-order valence-corrected chi connectivity index (χ1v) is 3.89. The van der Waals surface area contributed by atoms with E-state index in [4.69, 9.17) is 4.74 Å². The lowest BCUT2D eigenvalue weighted by Crippen LogP contribution is -1.96. The summed E-state index contributed by atoms with van der Waals surface area (Å²) in [7, 11) is 0. The Morgan fingerprint density at radius 1 is 1.46 bits per heavy atom. The van der Waals surface area contributed by atoms with Crippen LogP contribution in [0.4, 0.5) is 0 Å². The molecule has 1 N–H and O–H groups in total. The van der Waals surface area contributed by atoms with Crippen LogP contribution in [0, 0.1) is 6.20 Å². The Bertz CT molecular complexity index is 344. The summed E-state index contributed by atoms with van der Waals surface area (Å²) in [6, 6.07) is 5.69. The molecular weight excluding hydrogens is 166 g/mol. The maximum absolute atomic E-state index is 5.32. The second kappa shape index (κ2) is 3.71. The molecule has 4 heteroatoms. The average molecular weight is 174 g/mol. The number of rotatable bonds is 3. The van der Waals surface area contributed by atoms with E-state index in [1.165, 1.54) is 0 Å². The first-order valence-electron chi connectivity index (χ1n) is 3.89. The third kappa shape index (κ3) is 2.05. The Labute approximate surface area is 75.6 Å². The molecule has 0 unspecified atom stereocenters. The van der Waals surface area contributed by atoms with Gasteiger partial charge in [-0.3, -0.25) is 10.1 Å². The van der Waals surface area contributed by atoms with Crippen molar-refractivity contribution in [2.24, 2.45) is 0 Å². The summed E-state index contributed by atoms with van der Waals surface area (Å²) in [6.45, 7) is 0.441. The molecule has 65 valence electrons. The van der Waals surface area contributed by atoms with Gasteiger partial charge in [0.15, 0.2) is 11.9 Å². The fraction of sp³-hybridized carbons (Fsp3) is 0.111. The number of aromatic nitrogens is 3. The van der Waals surface area contributed by atoms with Gasteiger partial charge in [-0.2, -0.15) is 5.10 Å². The van der Waals surface area contributed by atoms with Crippen molar-refractivity contribution < 1.29 is 4.74 Å². The quantitative estimate of drug-likeness (QED) is 0.760. The summed E-state index contributed by atoms with van der Waals surface area (Å²) >= 11 is 0. The van der Waals surface area contributed by atoms with Gasteiger partial charge in [0, 0.05) is 6.20 Å². The van der Waals surface area contributed by atoms with Crippen LogP contribution >= 0.6 is 0 Å². The van der Waals surface area contributed by atoms with E-state index in [9.17, 15) is 0 Å². The van der Waals surface area contributed by atoms with Crippen molar-refractivity contribution in [3.8, 4) is 5.75 Å². The van der Waals surface area contributed by atoms with Gasteiger partial charge in [-0.25, -0.2) is 0 Å². The normalized spacial score (nSPS) is 9.85. The molecule has 1 radical (unpaired) electrons. The lowest BCUT2D eigenvalue weighted by atomic mass is 10.4. The van der Waals surface area contributed by atoms with E-state index in [0.29, 0.717) is 12.4 Å². The van der Waals surface area contributed by atoms with Gasteiger partial charge in [0.2, 0.25) is 0 Å². The first-order chi connectivity index (χ1) is 6.45. The molecule has 0 saturated heterocycles. The Morgan fingerprint density at radius 2 is 2.46 bits per heavy atom. The van der Waals surface area contributed by atoms with Gasteiger partial charge in [0.25, 0.3) is 0 Å². The van der Waals surface area contributed by atoms with Crippen LogP contribution in [0.5, 0.6) is 5.75 Å². The van der Waals surface area contributed by atoms with Crippen LogP contribution in [0.2, 0.25) is 0 Å². The summed E-state index contributed by atoms with van der Waals surface area (Å²) in [5.41, 5.74) is 0.886. The lowest BCUT2D eigenvalue weighted by Gasteiger charge is -2.00. The van der Waals surface area contributed by atoms with Crippen LogP contribution in [-0.4, -0.2) is 15.2 Å². The number of ether oxygens (including phenoxy) is 1. The standard InChI is InChI=1S/C9H8N3O/c1-2-4-10-8(3-1)7-13-9-5-11-12-6-9/h1-5H,7H2,(H,11,12). The molecule has 0 saturated carbocycles. The molecule has 0 aliphatic heterocycles. The minimum atomic E-state index is 0.441. The number of nitrogens with one attached hydrogen (secondary N) is 1. The highest BCUT2D eigenvalue weighted by Gasteiger charge is 1.96. The highest BCUT2D eigenvalue weighted by Crippen LogP contribution is 2.06. The summed E-state index contributed by atoms with van der Waals surface area (Å²) < 4.78 is 5.32. The SMILES string of the molecule is [c]1n[nH]cc1OCc1ccccn1. The third-order valence-electron chi connectivity index (χ3n) is 1.53. The summed E-state index contributed by atoms with van der Waals surface area (Å²) in [5, 5.41) is 6.25. The maximum atomic E-state index is 5.32. The minimum absolute atomic E-state index is 0.441. The molecule has 0 atom stereocenters. The van der Waals surface area contributed by atoms with Crippen LogP contribution < -0.4 is 4.74 Å². The van der Waals surface area contributed by atoms with Gasteiger partial charge in [-0.05, 0) is 12.1 Å². The third-order valence-corrected chi connectivity index (χ3v) is 1.53. The van der Waals surface area contributed by atoms with E-state index < -0.39 is 0 Å². The molecule has 0 aliphatic rings. The number of nitrogens with zero attached hydrogens (tertiary/aromatic N) is 2. The lowest BCUT2D eigenvalue weighted by molar-refractivity contribution is 0.301. The molecule has 0 amide bonds. The smallest absolute Gasteiger partial charge is 0.167 e. The van der Waals surface area contributed by atoms with Crippen molar-refractivity contribution in [1.82, 2.24) is 15.2 Å². The average Bonchev–Trinajstić information content (AvgIpc) is 2.69. The number of pyridine rings is 1. The topological polar surface area (TPSA) is 50.8 Å². The molecule has 2 heterocycles. The molecule has 2 aromatic heterocycles. The van der Waals surface area contributed by atoms with E-state index in [1.54, 1.807) is 12.4 Å². The van der Waals surface area contributed by atoms with Crippen LogP contribution in [0.25, 0.3) is 0 Å². The van der Waals surface area contributed by atoms with Crippen molar-refractivity contribution >= 4 is 0 Å². The Balaban J connectivity index is 1.94. The summed E-state index contributed by atoms with van der Waals surface area (Å²) in [6.07, 6.45) is 6.03. The molecule has 0 aromatic carbocycles. The number of aromatic amines is 1. The fourth-order valence-electron chi connectivity index (χ4n) is 0.920. The molecule has 0 spiro atoms. The minimum Gasteiger partial charge on any atom is -0.483 e. The second-order valence-corrected chi connectivity index (χ2v) is 2.47. The van der Waals surface area contributed by atoms with Gasteiger partial charge >= 0.3 is 0 Å². The summed E-state index contributed by atoms with van der Waals surface area (Å²) in [5.74, 6) is 0.602. The number of hydrogen-bond donors (Lipinski definition) is 1. The van der Waals surface area contributed by atoms with Crippen molar-refractivity contribution in [3.05, 3.63) is 42.5 Å². The number of hydrogen-bond acceptors (Lipinski definition) is 3. The van der Waals surface area contributed by atoms with E-state index in [2.05, 4.69) is 21.4 Å². The van der Waals surface area contributed by atoms with Gasteiger partial charge < -0.3 is 4.74 Å². The van der Waals surface area contributed by atoms with Crippen LogP contribution in [-0.2, 0) is 6.61 Å². The molecule has 13 heavy (non-hydrogen) atoms. The van der Waals surface area contributed by atoms with E-state index in [0.717, 1.165) is 5.69 Å². The van der Waals surface area contributed by atoms with E-state index >= 15 is 0 Å². The largest absolute Gasteiger partial charge is 0.483 e. The highest BCUT2D eigenvalue weighted by atomic mass is 16.5. The monoisotopic (exact) mass is 174 g/mol. The Kier molecular flexibility index (Phi) is 2.22. The molecule has 0 bridgehead atoms. The van der Waals surface area contributed by atoms with Gasteiger partial charge in [-0.1, -0.05) is 6.07 Å². The maximum Gasteiger partial charge on any atom is 0.167 e. The molecule has 4 nitrogen and oxygen atoms in total. The Morgan fingerprint density at radius 3 is 3.15 bits per heavy atom. The van der Waals surface area contributed by atoms with Crippen LogP contribution in [0.3, 0.4) is 0 Å².